The fraction of sp³-hybridized carbons (Fsp3) is 0.0526. The van der Waals surface area contributed by atoms with Crippen molar-refractivity contribution in [3.63, 3.8) is 0 Å². The molecule has 0 radical (unpaired) electrons. The van der Waals surface area contributed by atoms with Gasteiger partial charge in [-0.25, -0.2) is 9.78 Å². The first-order valence-corrected chi connectivity index (χ1v) is 10.7. The van der Waals surface area contributed by atoms with Crippen LogP contribution in [0.2, 0.25) is 0 Å². The molecule has 1 heterocycles. The molecule has 2 aromatic carbocycles. The number of rotatable bonds is 5. The highest BCUT2D eigenvalue weighted by Gasteiger charge is 2.49. The third kappa shape index (κ3) is 4.77. The molecule has 0 bridgehead atoms. The Kier molecular flexibility index (Phi) is 5.94. The van der Waals surface area contributed by atoms with E-state index in [4.69, 9.17) is 0 Å². The number of halogens is 3. The highest BCUT2D eigenvalue weighted by molar-refractivity contribution is 7.97. The molecule has 10 heteroatoms. The fourth-order valence-corrected chi connectivity index (χ4v) is 4.67. The van der Waals surface area contributed by atoms with Gasteiger partial charge in [0.1, 0.15) is 10.9 Å². The normalized spacial score (nSPS) is 12.0. The summed E-state index contributed by atoms with van der Waals surface area (Å²) in [5.41, 5.74) is -6.10. The Balaban J connectivity index is 1.92. The molecule has 3 rings (SSSR count). The van der Waals surface area contributed by atoms with Crippen molar-refractivity contribution in [3.05, 3.63) is 84.6 Å². The van der Waals surface area contributed by atoms with Crippen LogP contribution in [0, 0.1) is 0 Å². The summed E-state index contributed by atoms with van der Waals surface area (Å²) >= 11 is 0. The van der Waals surface area contributed by atoms with Crippen molar-refractivity contribution in [1.29, 1.82) is 0 Å². The van der Waals surface area contributed by atoms with Crippen molar-refractivity contribution in [2.24, 2.45) is 0 Å². The van der Waals surface area contributed by atoms with Gasteiger partial charge >= 0.3 is 21.6 Å². The molecule has 29 heavy (non-hydrogen) atoms. The highest BCUT2D eigenvalue weighted by Crippen LogP contribution is 2.30. The zero-order valence-corrected chi connectivity index (χ0v) is 16.2. The summed E-state index contributed by atoms with van der Waals surface area (Å²) in [5, 5.41) is 0.553. The van der Waals surface area contributed by atoms with Gasteiger partial charge in [-0.05, 0) is 30.3 Å². The molecule has 0 spiro atoms. The minimum Gasteiger partial charge on any atom is -0.335 e. The summed E-state index contributed by atoms with van der Waals surface area (Å²) in [6.07, 6.45) is 0.995. The molecule has 0 atom stereocenters. The molecule has 0 N–H and O–H groups in total. The Morgan fingerprint density at radius 2 is 1.38 bits per heavy atom. The standard InChI is InChI=1S/C19H13F3NO4S2/c20-19(21,22)29(25,26)27-18(24)14-11-12-17(23-13-14)28(15-7-3-1-4-8-15)16-9-5-2-6-10-16/h1-13H/q+1. The molecule has 0 aliphatic rings. The van der Waals surface area contributed by atoms with E-state index < -0.39 is 38.1 Å². The van der Waals surface area contributed by atoms with E-state index in [9.17, 15) is 26.4 Å². The number of pyridine rings is 1. The van der Waals surface area contributed by atoms with Crippen LogP contribution in [0.4, 0.5) is 13.2 Å². The molecule has 3 aromatic rings. The van der Waals surface area contributed by atoms with Crippen molar-refractivity contribution in [2.75, 3.05) is 0 Å². The molecule has 0 saturated carbocycles. The second-order valence-corrected chi connectivity index (χ2v) is 9.10. The lowest BCUT2D eigenvalue weighted by Gasteiger charge is -2.09. The van der Waals surface area contributed by atoms with Gasteiger partial charge in [-0.2, -0.15) is 21.6 Å². The van der Waals surface area contributed by atoms with E-state index in [1.54, 1.807) is 0 Å². The quantitative estimate of drug-likeness (QED) is 0.338. The Hall–Kier alpha value is -2.85. The second kappa shape index (κ2) is 8.26. The first-order valence-electron chi connectivity index (χ1n) is 8.04. The maximum atomic E-state index is 12.4. The first-order chi connectivity index (χ1) is 13.7. The number of carbonyl (C=O) groups is 1. The average Bonchev–Trinajstić information content (AvgIpc) is 2.69. The van der Waals surface area contributed by atoms with Crippen LogP contribution < -0.4 is 0 Å². The Morgan fingerprint density at radius 3 is 1.79 bits per heavy atom. The molecule has 0 aliphatic heterocycles. The number of carbonyl (C=O) groups excluding carboxylic acids is 1. The van der Waals surface area contributed by atoms with Crippen LogP contribution in [0.25, 0.3) is 0 Å². The molecule has 0 unspecified atom stereocenters. The predicted octanol–water partition coefficient (Wildman–Crippen LogP) is 4.18. The minimum absolute atomic E-state index is 0.411. The molecule has 0 fully saturated rings. The van der Waals surface area contributed by atoms with E-state index in [0.717, 1.165) is 16.0 Å². The van der Waals surface area contributed by atoms with Crippen LogP contribution in [0.3, 0.4) is 0 Å². The third-order valence-corrected chi connectivity index (χ3v) is 6.69. The lowest BCUT2D eigenvalue weighted by atomic mass is 10.3. The smallest absolute Gasteiger partial charge is 0.335 e. The summed E-state index contributed by atoms with van der Waals surface area (Å²) in [5.74, 6) is -1.65. The van der Waals surface area contributed by atoms with E-state index in [1.165, 1.54) is 12.1 Å². The van der Waals surface area contributed by atoms with Gasteiger partial charge in [0.05, 0.1) is 5.56 Å². The number of benzene rings is 2. The van der Waals surface area contributed by atoms with Crippen LogP contribution in [0.15, 0.2) is 93.8 Å². The Labute approximate surface area is 167 Å². The SMILES string of the molecule is O=C(OS(=O)(=O)C(F)(F)F)c1ccc([S+](c2ccccc2)c2ccccc2)nc1. The zero-order chi connectivity index (χ0) is 21.1. The van der Waals surface area contributed by atoms with Gasteiger partial charge in [0.25, 0.3) is 5.03 Å². The Bertz CT molecular complexity index is 1050. The van der Waals surface area contributed by atoms with Crippen molar-refractivity contribution in [2.45, 2.75) is 20.3 Å². The van der Waals surface area contributed by atoms with E-state index >= 15 is 0 Å². The predicted molar refractivity (Wildman–Crippen MR) is 99.7 cm³/mol. The number of alkyl halides is 3. The number of nitrogens with zero attached hydrogens (tertiary/aromatic N) is 1. The first kappa shape index (κ1) is 20.9. The topological polar surface area (TPSA) is 73.3 Å². The van der Waals surface area contributed by atoms with Crippen molar-refractivity contribution in [1.82, 2.24) is 4.98 Å². The molecule has 0 saturated heterocycles. The van der Waals surface area contributed by atoms with Crippen molar-refractivity contribution in [3.8, 4) is 0 Å². The monoisotopic (exact) mass is 440 g/mol. The minimum atomic E-state index is -6.03. The molecule has 1 aromatic heterocycles. The third-order valence-electron chi connectivity index (χ3n) is 3.61. The lowest BCUT2D eigenvalue weighted by Crippen LogP contribution is -2.28. The van der Waals surface area contributed by atoms with Gasteiger partial charge < -0.3 is 4.18 Å². The van der Waals surface area contributed by atoms with E-state index in [-0.39, 0.29) is 0 Å². The lowest BCUT2D eigenvalue weighted by molar-refractivity contribution is -0.0525. The van der Waals surface area contributed by atoms with Crippen molar-refractivity contribution >= 4 is 27.0 Å². The second-order valence-electron chi connectivity index (χ2n) is 5.59. The molecule has 5 nitrogen and oxygen atoms in total. The Morgan fingerprint density at radius 1 is 0.862 bits per heavy atom. The van der Waals surface area contributed by atoms with Gasteiger partial charge in [-0.15, -0.1) is 0 Å². The van der Waals surface area contributed by atoms with Gasteiger partial charge in [0.2, 0.25) is 0 Å². The summed E-state index contributed by atoms with van der Waals surface area (Å²) in [7, 11) is -6.66. The van der Waals surface area contributed by atoms with Gasteiger partial charge in [0, 0.05) is 12.3 Å². The van der Waals surface area contributed by atoms with Gasteiger partial charge in [-0.1, -0.05) is 36.4 Å². The van der Waals surface area contributed by atoms with Crippen LogP contribution in [-0.4, -0.2) is 24.9 Å². The average molecular weight is 440 g/mol. The van der Waals surface area contributed by atoms with Crippen LogP contribution in [-0.2, 0) is 25.2 Å². The molecular formula is C19H13F3NO4S2+. The van der Waals surface area contributed by atoms with Crippen LogP contribution in [0.5, 0.6) is 0 Å². The maximum Gasteiger partial charge on any atom is 0.534 e. The van der Waals surface area contributed by atoms with E-state index in [1.807, 2.05) is 60.7 Å². The number of aromatic nitrogens is 1. The fourth-order valence-electron chi connectivity index (χ4n) is 2.31. The summed E-state index contributed by atoms with van der Waals surface area (Å²) in [6.45, 7) is 0. The molecule has 0 amide bonds. The maximum absolute atomic E-state index is 12.4. The molecule has 150 valence electrons. The summed E-state index contributed by atoms with van der Waals surface area (Å²) < 4.78 is 62.7. The molecular weight excluding hydrogens is 427 g/mol. The summed E-state index contributed by atoms with van der Waals surface area (Å²) in [6, 6.07) is 21.5. The number of hydrogen-bond donors (Lipinski definition) is 0. The van der Waals surface area contributed by atoms with E-state index in [0.29, 0.717) is 5.03 Å². The number of hydrogen-bond acceptors (Lipinski definition) is 5. The van der Waals surface area contributed by atoms with E-state index in [2.05, 4.69) is 9.17 Å². The molecule has 0 aliphatic carbocycles. The van der Waals surface area contributed by atoms with Gasteiger partial charge in [-0.3, -0.25) is 0 Å². The van der Waals surface area contributed by atoms with Crippen LogP contribution >= 0.6 is 0 Å². The van der Waals surface area contributed by atoms with Crippen molar-refractivity contribution < 1.29 is 30.6 Å². The highest BCUT2D eigenvalue weighted by atomic mass is 32.2. The zero-order valence-electron chi connectivity index (χ0n) is 14.5. The summed E-state index contributed by atoms with van der Waals surface area (Å²) in [4.78, 5) is 17.9. The van der Waals surface area contributed by atoms with Gasteiger partial charge in [0.15, 0.2) is 9.79 Å². The largest absolute Gasteiger partial charge is 0.534 e. The van der Waals surface area contributed by atoms with Crippen LogP contribution in [0.1, 0.15) is 10.4 Å².